The zero-order valence-electron chi connectivity index (χ0n) is 15.4. The summed E-state index contributed by atoms with van der Waals surface area (Å²) in [7, 11) is 0. The lowest BCUT2D eigenvalue weighted by molar-refractivity contribution is -0.144. The number of hydrogen-bond donors (Lipinski definition) is 0. The number of piperazine rings is 1. The lowest BCUT2D eigenvalue weighted by atomic mass is 10.1. The predicted octanol–water partition coefficient (Wildman–Crippen LogP) is 2.41. The first-order valence-electron chi connectivity index (χ1n) is 9.09. The van der Waals surface area contributed by atoms with E-state index in [4.69, 9.17) is 16.3 Å². The third-order valence-corrected chi connectivity index (χ3v) is 5.25. The highest BCUT2D eigenvalue weighted by Crippen LogP contribution is 2.25. The Morgan fingerprint density at radius 3 is 2.44 bits per heavy atom. The maximum atomic E-state index is 12.6. The molecule has 2 fully saturated rings. The van der Waals surface area contributed by atoms with Gasteiger partial charge in [0.05, 0.1) is 18.8 Å². The molecular weight excluding hydrogens is 338 g/mol. The summed E-state index contributed by atoms with van der Waals surface area (Å²) < 4.78 is 5.72. The van der Waals surface area contributed by atoms with Crippen LogP contribution in [-0.4, -0.2) is 73.7 Å². The first-order chi connectivity index (χ1) is 11.9. The molecule has 2 saturated heterocycles. The molecule has 1 amide bonds. The fraction of sp³-hybridized carbons (Fsp3) is 0.632. The summed E-state index contributed by atoms with van der Waals surface area (Å²) in [6.07, 6.45) is 0.241. The van der Waals surface area contributed by atoms with E-state index in [0.717, 1.165) is 31.2 Å². The van der Waals surface area contributed by atoms with Crippen molar-refractivity contribution in [1.29, 1.82) is 0 Å². The maximum absolute atomic E-state index is 12.6. The Morgan fingerprint density at radius 2 is 1.80 bits per heavy atom. The minimum atomic E-state index is 0.121. The van der Waals surface area contributed by atoms with Crippen molar-refractivity contribution in [2.24, 2.45) is 0 Å². The van der Waals surface area contributed by atoms with Gasteiger partial charge in [0, 0.05) is 50.0 Å². The second-order valence-electron chi connectivity index (χ2n) is 7.25. The zero-order valence-corrected chi connectivity index (χ0v) is 16.1. The minimum Gasteiger partial charge on any atom is -0.372 e. The van der Waals surface area contributed by atoms with E-state index in [1.807, 2.05) is 30.9 Å². The molecule has 3 rings (SSSR count). The van der Waals surface area contributed by atoms with E-state index in [0.29, 0.717) is 19.6 Å². The largest absolute Gasteiger partial charge is 0.372 e. The molecule has 1 aromatic carbocycles. The monoisotopic (exact) mass is 365 g/mol. The van der Waals surface area contributed by atoms with Gasteiger partial charge in [-0.3, -0.25) is 9.69 Å². The van der Waals surface area contributed by atoms with Gasteiger partial charge in [-0.2, -0.15) is 0 Å². The molecule has 5 nitrogen and oxygen atoms in total. The summed E-state index contributed by atoms with van der Waals surface area (Å²) in [6, 6.07) is 6.03. The lowest BCUT2D eigenvalue weighted by Gasteiger charge is -2.39. The highest BCUT2D eigenvalue weighted by molar-refractivity contribution is 6.30. The van der Waals surface area contributed by atoms with Crippen LogP contribution in [0.3, 0.4) is 0 Å². The second-order valence-corrected chi connectivity index (χ2v) is 7.69. The van der Waals surface area contributed by atoms with E-state index in [-0.39, 0.29) is 18.1 Å². The summed E-state index contributed by atoms with van der Waals surface area (Å²) in [5, 5.41) is 0.772. The van der Waals surface area contributed by atoms with Crippen molar-refractivity contribution in [3.8, 4) is 0 Å². The van der Waals surface area contributed by atoms with Gasteiger partial charge >= 0.3 is 0 Å². The summed E-state index contributed by atoms with van der Waals surface area (Å²) in [5.74, 6) is 0.217. The van der Waals surface area contributed by atoms with Crippen LogP contribution in [0.2, 0.25) is 5.02 Å². The van der Waals surface area contributed by atoms with Gasteiger partial charge in [0.15, 0.2) is 0 Å². The fourth-order valence-electron chi connectivity index (χ4n) is 3.74. The standard InChI is InChI=1S/C19H28ClN3O2/c1-14-4-5-17(20)10-18(14)22-8-6-21(7-9-22)13-19(24)23-11-15(2)25-16(3)12-23/h4-5,10,15-16H,6-9,11-13H2,1-3H3/t15-,16-/m1/s1. The Hall–Kier alpha value is -1.30. The van der Waals surface area contributed by atoms with Crippen LogP contribution in [0.5, 0.6) is 0 Å². The average Bonchev–Trinajstić information content (AvgIpc) is 2.57. The van der Waals surface area contributed by atoms with E-state index in [1.54, 1.807) is 0 Å². The SMILES string of the molecule is Cc1ccc(Cl)cc1N1CCN(CC(=O)N2C[C@@H](C)O[C@H](C)C2)CC1. The Kier molecular flexibility index (Phi) is 5.87. The van der Waals surface area contributed by atoms with Gasteiger partial charge < -0.3 is 14.5 Å². The van der Waals surface area contributed by atoms with Crippen molar-refractivity contribution >= 4 is 23.2 Å². The number of rotatable bonds is 3. The van der Waals surface area contributed by atoms with Crippen LogP contribution in [0.25, 0.3) is 0 Å². The Bertz CT molecular complexity index is 607. The van der Waals surface area contributed by atoms with Crippen molar-refractivity contribution in [1.82, 2.24) is 9.80 Å². The molecule has 0 bridgehead atoms. The number of morpholine rings is 1. The van der Waals surface area contributed by atoms with Crippen LogP contribution in [-0.2, 0) is 9.53 Å². The van der Waals surface area contributed by atoms with Crippen LogP contribution < -0.4 is 4.90 Å². The first kappa shape index (κ1) is 18.5. The number of aryl methyl sites for hydroxylation is 1. The highest BCUT2D eigenvalue weighted by Gasteiger charge is 2.28. The van der Waals surface area contributed by atoms with E-state index in [1.165, 1.54) is 11.3 Å². The minimum absolute atomic E-state index is 0.121. The number of hydrogen-bond acceptors (Lipinski definition) is 4. The molecule has 0 saturated carbocycles. The average molecular weight is 366 g/mol. The van der Waals surface area contributed by atoms with Crippen LogP contribution >= 0.6 is 11.6 Å². The number of carbonyl (C=O) groups is 1. The third kappa shape index (κ3) is 4.66. The van der Waals surface area contributed by atoms with Crippen molar-refractivity contribution in [2.45, 2.75) is 33.0 Å². The van der Waals surface area contributed by atoms with Gasteiger partial charge in [0.2, 0.25) is 5.91 Å². The van der Waals surface area contributed by atoms with Crippen molar-refractivity contribution < 1.29 is 9.53 Å². The van der Waals surface area contributed by atoms with Gasteiger partial charge in [0.25, 0.3) is 0 Å². The molecule has 138 valence electrons. The van der Waals surface area contributed by atoms with Gasteiger partial charge in [-0.25, -0.2) is 0 Å². The van der Waals surface area contributed by atoms with E-state index < -0.39 is 0 Å². The Morgan fingerprint density at radius 1 is 1.16 bits per heavy atom. The Labute approximate surface area is 155 Å². The molecule has 2 aliphatic heterocycles. The van der Waals surface area contributed by atoms with Gasteiger partial charge in [-0.1, -0.05) is 17.7 Å². The molecule has 2 atom stereocenters. The molecule has 2 heterocycles. The molecule has 0 aliphatic carbocycles. The number of carbonyl (C=O) groups excluding carboxylic acids is 1. The molecule has 6 heteroatoms. The fourth-order valence-corrected chi connectivity index (χ4v) is 3.91. The highest BCUT2D eigenvalue weighted by atomic mass is 35.5. The smallest absolute Gasteiger partial charge is 0.236 e. The summed E-state index contributed by atoms with van der Waals surface area (Å²) >= 11 is 6.15. The molecule has 0 spiro atoms. The zero-order chi connectivity index (χ0) is 18.0. The van der Waals surface area contributed by atoms with Crippen LogP contribution in [0.4, 0.5) is 5.69 Å². The third-order valence-electron chi connectivity index (χ3n) is 5.02. The summed E-state index contributed by atoms with van der Waals surface area (Å²) in [5.41, 5.74) is 2.44. The number of benzene rings is 1. The molecule has 1 aromatic rings. The molecular formula is C19H28ClN3O2. The number of anilines is 1. The summed E-state index contributed by atoms with van der Waals surface area (Å²) in [4.78, 5) is 19.2. The van der Waals surface area contributed by atoms with Crippen LogP contribution in [0.1, 0.15) is 19.4 Å². The molecule has 25 heavy (non-hydrogen) atoms. The molecule has 0 N–H and O–H groups in total. The topological polar surface area (TPSA) is 36.0 Å². The maximum Gasteiger partial charge on any atom is 0.236 e. The van der Waals surface area contributed by atoms with E-state index in [2.05, 4.69) is 22.8 Å². The number of ether oxygens (including phenoxy) is 1. The number of halogens is 1. The van der Waals surface area contributed by atoms with Crippen LogP contribution in [0.15, 0.2) is 18.2 Å². The van der Waals surface area contributed by atoms with Crippen molar-refractivity contribution in [3.05, 3.63) is 28.8 Å². The number of amides is 1. The summed E-state index contributed by atoms with van der Waals surface area (Å²) in [6.45, 7) is 11.7. The van der Waals surface area contributed by atoms with Crippen molar-refractivity contribution in [3.63, 3.8) is 0 Å². The quantitative estimate of drug-likeness (QED) is 0.824. The normalized spacial score (nSPS) is 25.3. The molecule has 2 aliphatic rings. The van der Waals surface area contributed by atoms with Crippen molar-refractivity contribution in [2.75, 3.05) is 50.7 Å². The Balaban J connectivity index is 1.52. The number of nitrogens with zero attached hydrogens (tertiary/aromatic N) is 3. The second kappa shape index (κ2) is 7.94. The van der Waals surface area contributed by atoms with Crippen LogP contribution in [0, 0.1) is 6.92 Å². The van der Waals surface area contributed by atoms with E-state index in [9.17, 15) is 4.79 Å². The van der Waals surface area contributed by atoms with E-state index >= 15 is 0 Å². The predicted molar refractivity (Wildman–Crippen MR) is 101 cm³/mol. The first-order valence-corrected chi connectivity index (χ1v) is 9.47. The molecule has 0 aromatic heterocycles. The lowest BCUT2D eigenvalue weighted by Crippen LogP contribution is -2.54. The molecule has 0 radical (unpaired) electrons. The van der Waals surface area contributed by atoms with Gasteiger partial charge in [0.1, 0.15) is 0 Å². The molecule has 0 unspecified atom stereocenters. The van der Waals surface area contributed by atoms with Gasteiger partial charge in [-0.15, -0.1) is 0 Å². The van der Waals surface area contributed by atoms with Gasteiger partial charge in [-0.05, 0) is 38.5 Å².